The third-order valence-corrected chi connectivity index (χ3v) is 5.15. The van der Waals surface area contributed by atoms with E-state index in [-0.39, 0.29) is 11.9 Å². The van der Waals surface area contributed by atoms with Gasteiger partial charge >= 0.3 is 0 Å². The minimum Gasteiger partial charge on any atom is -0.380 e. The van der Waals surface area contributed by atoms with Crippen LogP contribution in [0, 0.1) is 0 Å². The van der Waals surface area contributed by atoms with Gasteiger partial charge in [-0.1, -0.05) is 0 Å². The van der Waals surface area contributed by atoms with Crippen molar-refractivity contribution in [2.24, 2.45) is 0 Å². The van der Waals surface area contributed by atoms with Gasteiger partial charge in [0, 0.05) is 56.4 Å². The summed E-state index contributed by atoms with van der Waals surface area (Å²) in [6.07, 6.45) is 7.14. The van der Waals surface area contributed by atoms with Crippen molar-refractivity contribution in [1.82, 2.24) is 24.8 Å². The molecule has 1 aliphatic heterocycles. The lowest BCUT2D eigenvalue weighted by molar-refractivity contribution is 0.0383. The van der Waals surface area contributed by atoms with Crippen molar-refractivity contribution in [3.8, 4) is 11.1 Å². The van der Waals surface area contributed by atoms with Crippen LogP contribution < -0.4 is 10.6 Å². The monoisotopic (exact) mass is 408 g/mol. The Morgan fingerprint density at radius 2 is 1.97 bits per heavy atom. The molecule has 0 spiro atoms. The van der Waals surface area contributed by atoms with Crippen molar-refractivity contribution in [2.45, 2.75) is 19.9 Å². The van der Waals surface area contributed by atoms with E-state index in [9.17, 15) is 4.79 Å². The predicted molar refractivity (Wildman–Crippen MR) is 117 cm³/mol. The normalized spacial score (nSPS) is 14.9. The van der Waals surface area contributed by atoms with E-state index >= 15 is 0 Å². The Balaban J connectivity index is 1.57. The number of nitrogens with zero attached hydrogens (tertiary/aromatic N) is 4. The third kappa shape index (κ3) is 4.60. The molecule has 8 heteroatoms. The van der Waals surface area contributed by atoms with Gasteiger partial charge in [0.25, 0.3) is 5.91 Å². The van der Waals surface area contributed by atoms with Crippen LogP contribution in [0.15, 0.2) is 43.0 Å². The summed E-state index contributed by atoms with van der Waals surface area (Å²) < 4.78 is 7.18. The number of hydrogen-bond donors (Lipinski definition) is 2. The lowest BCUT2D eigenvalue weighted by Gasteiger charge is -2.26. The molecule has 30 heavy (non-hydrogen) atoms. The fourth-order valence-corrected chi connectivity index (χ4v) is 3.62. The van der Waals surface area contributed by atoms with Crippen molar-refractivity contribution in [2.75, 3.05) is 44.7 Å². The highest BCUT2D eigenvalue weighted by molar-refractivity contribution is 6.03. The van der Waals surface area contributed by atoms with Crippen molar-refractivity contribution in [3.05, 3.63) is 48.5 Å². The van der Waals surface area contributed by atoms with Gasteiger partial charge in [-0.25, -0.2) is 4.52 Å². The maximum Gasteiger partial charge on any atom is 0.255 e. The first-order chi connectivity index (χ1) is 14.6. The second-order valence-electron chi connectivity index (χ2n) is 7.74. The molecule has 0 bridgehead atoms. The topological polar surface area (TPSA) is 83.8 Å². The molecule has 3 aromatic rings. The van der Waals surface area contributed by atoms with E-state index in [4.69, 9.17) is 4.74 Å². The SMILES string of the molecule is CC(C)Nc1c(C(=O)NCCN2CCOCC2)cnn2cc(-c3ccncc3)cc12. The summed E-state index contributed by atoms with van der Waals surface area (Å²) in [5.41, 5.74) is 4.31. The average Bonchev–Trinajstić information content (AvgIpc) is 3.20. The summed E-state index contributed by atoms with van der Waals surface area (Å²) in [6.45, 7) is 8.85. The van der Waals surface area contributed by atoms with Gasteiger partial charge in [-0.05, 0) is 37.6 Å². The molecule has 8 nitrogen and oxygen atoms in total. The number of ether oxygens (including phenoxy) is 1. The van der Waals surface area contributed by atoms with Crippen LogP contribution in [0.3, 0.4) is 0 Å². The molecule has 0 radical (unpaired) electrons. The maximum atomic E-state index is 13.0. The minimum atomic E-state index is -0.118. The molecule has 0 saturated carbocycles. The van der Waals surface area contributed by atoms with Crippen LogP contribution >= 0.6 is 0 Å². The highest BCUT2D eigenvalue weighted by atomic mass is 16.5. The lowest BCUT2D eigenvalue weighted by Crippen LogP contribution is -2.41. The largest absolute Gasteiger partial charge is 0.380 e. The summed E-state index contributed by atoms with van der Waals surface area (Å²) in [4.78, 5) is 19.3. The van der Waals surface area contributed by atoms with Crippen molar-refractivity contribution in [3.63, 3.8) is 0 Å². The van der Waals surface area contributed by atoms with Crippen molar-refractivity contribution >= 4 is 17.1 Å². The number of aromatic nitrogens is 3. The van der Waals surface area contributed by atoms with Gasteiger partial charge in [0.15, 0.2) is 0 Å². The molecule has 0 aromatic carbocycles. The summed E-state index contributed by atoms with van der Waals surface area (Å²) in [5, 5.41) is 11.0. The van der Waals surface area contributed by atoms with Gasteiger partial charge in [-0.15, -0.1) is 0 Å². The number of amides is 1. The predicted octanol–water partition coefficient (Wildman–Crippen LogP) is 2.28. The first kappa shape index (κ1) is 20.3. The van der Waals surface area contributed by atoms with Gasteiger partial charge in [0.2, 0.25) is 0 Å². The summed E-state index contributed by atoms with van der Waals surface area (Å²) in [6, 6.07) is 6.15. The van der Waals surface area contributed by atoms with Crippen molar-refractivity contribution < 1.29 is 9.53 Å². The zero-order chi connectivity index (χ0) is 20.9. The maximum absolute atomic E-state index is 13.0. The highest BCUT2D eigenvalue weighted by Crippen LogP contribution is 2.28. The Kier molecular flexibility index (Phi) is 6.25. The fraction of sp³-hybridized carbons (Fsp3) is 0.409. The van der Waals surface area contributed by atoms with Crippen LogP contribution in [0.5, 0.6) is 0 Å². The molecular formula is C22H28N6O2. The number of hydrogen-bond acceptors (Lipinski definition) is 6. The first-order valence-electron chi connectivity index (χ1n) is 10.4. The van der Waals surface area contributed by atoms with Crippen LogP contribution in [0.2, 0.25) is 0 Å². The van der Waals surface area contributed by atoms with Crippen LogP contribution in [-0.4, -0.2) is 70.8 Å². The number of pyridine rings is 1. The van der Waals surface area contributed by atoms with Gasteiger partial charge in [-0.2, -0.15) is 5.10 Å². The van der Waals surface area contributed by atoms with Crippen LogP contribution in [0.25, 0.3) is 16.6 Å². The molecule has 4 rings (SSSR count). The number of anilines is 1. The number of morpholine rings is 1. The molecule has 1 fully saturated rings. The Morgan fingerprint density at radius 3 is 2.70 bits per heavy atom. The number of nitrogens with one attached hydrogen (secondary N) is 2. The van der Waals surface area contributed by atoms with E-state index in [0.717, 1.165) is 55.2 Å². The van der Waals surface area contributed by atoms with E-state index in [0.29, 0.717) is 12.1 Å². The highest BCUT2D eigenvalue weighted by Gasteiger charge is 2.18. The Hall–Kier alpha value is -2.97. The zero-order valence-corrected chi connectivity index (χ0v) is 17.5. The van der Waals surface area contributed by atoms with Gasteiger partial charge in [0.05, 0.1) is 36.2 Å². The van der Waals surface area contributed by atoms with Crippen LogP contribution in [0.1, 0.15) is 24.2 Å². The minimum absolute atomic E-state index is 0.118. The second-order valence-corrected chi connectivity index (χ2v) is 7.74. The van der Waals surface area contributed by atoms with Crippen LogP contribution in [0.4, 0.5) is 5.69 Å². The van der Waals surface area contributed by atoms with E-state index in [1.54, 1.807) is 18.6 Å². The smallest absolute Gasteiger partial charge is 0.255 e. The number of carbonyl (C=O) groups is 1. The standard InChI is InChI=1S/C22H28N6O2/c1-16(2)26-21-19(22(29)24-7-8-27-9-11-30-12-10-27)14-25-28-15-18(13-20(21)28)17-3-5-23-6-4-17/h3-6,13-16,26H,7-12H2,1-2H3,(H,24,29). The molecule has 4 heterocycles. The van der Waals surface area contributed by atoms with Crippen LogP contribution in [-0.2, 0) is 4.74 Å². The Bertz CT molecular complexity index is 996. The fourth-order valence-electron chi connectivity index (χ4n) is 3.62. The summed E-state index contributed by atoms with van der Waals surface area (Å²) >= 11 is 0. The summed E-state index contributed by atoms with van der Waals surface area (Å²) in [5.74, 6) is -0.118. The zero-order valence-electron chi connectivity index (χ0n) is 17.5. The molecule has 0 aliphatic carbocycles. The van der Waals surface area contributed by atoms with E-state index in [1.807, 2.05) is 22.8 Å². The molecule has 1 amide bonds. The molecule has 3 aromatic heterocycles. The lowest BCUT2D eigenvalue weighted by atomic mass is 10.1. The molecule has 2 N–H and O–H groups in total. The molecule has 1 aliphatic rings. The first-order valence-corrected chi connectivity index (χ1v) is 10.4. The van der Waals surface area contributed by atoms with Gasteiger partial charge in [0.1, 0.15) is 0 Å². The van der Waals surface area contributed by atoms with Gasteiger partial charge < -0.3 is 15.4 Å². The number of fused-ring (bicyclic) bond motifs is 1. The molecule has 1 saturated heterocycles. The molecular weight excluding hydrogens is 380 g/mol. The second kappa shape index (κ2) is 9.23. The molecule has 0 unspecified atom stereocenters. The van der Waals surface area contributed by atoms with Gasteiger partial charge in [-0.3, -0.25) is 14.7 Å². The summed E-state index contributed by atoms with van der Waals surface area (Å²) in [7, 11) is 0. The Labute approximate surface area is 176 Å². The van der Waals surface area contributed by atoms with Crippen molar-refractivity contribution in [1.29, 1.82) is 0 Å². The third-order valence-electron chi connectivity index (χ3n) is 5.15. The van der Waals surface area contributed by atoms with E-state index in [1.165, 1.54) is 0 Å². The van der Waals surface area contributed by atoms with E-state index < -0.39 is 0 Å². The Morgan fingerprint density at radius 1 is 1.20 bits per heavy atom. The number of carbonyl (C=O) groups excluding carboxylic acids is 1. The molecule has 0 atom stereocenters. The average molecular weight is 409 g/mol. The number of rotatable bonds is 7. The molecule has 158 valence electrons. The van der Waals surface area contributed by atoms with E-state index in [2.05, 4.69) is 45.5 Å². The quantitative estimate of drug-likeness (QED) is 0.624.